The molecule has 4 heteroatoms. The fourth-order valence-corrected chi connectivity index (χ4v) is 9.14. The quantitative estimate of drug-likeness (QED) is 0.183. The van der Waals surface area contributed by atoms with Gasteiger partial charge >= 0.3 is 0 Å². The molecule has 0 N–H and O–H groups in total. The van der Waals surface area contributed by atoms with Crippen molar-refractivity contribution in [3.63, 3.8) is 0 Å². The molecule has 0 saturated heterocycles. The minimum Gasteiger partial charge on any atom is -0.309 e. The lowest BCUT2D eigenvalue weighted by atomic mass is 9.89. The highest BCUT2D eigenvalue weighted by Gasteiger charge is 2.28. The molecule has 0 aliphatic carbocycles. The Balaban J connectivity index is 1.09. The van der Waals surface area contributed by atoms with Crippen LogP contribution in [0.2, 0.25) is 0 Å². The summed E-state index contributed by atoms with van der Waals surface area (Å²) in [6.07, 6.45) is 3.76. The summed E-state index contributed by atoms with van der Waals surface area (Å²) < 4.78 is 4.73. The predicted octanol–water partition coefficient (Wildman–Crippen LogP) is 13.5. The summed E-state index contributed by atoms with van der Waals surface area (Å²) in [4.78, 5) is 6.92. The summed E-state index contributed by atoms with van der Waals surface area (Å²) in [5, 5.41) is 7.47. The maximum Gasteiger partial charge on any atom is 0.0645 e. The molecule has 0 atom stereocenters. The van der Waals surface area contributed by atoms with Crippen molar-refractivity contribution in [2.75, 3.05) is 4.90 Å². The van der Waals surface area contributed by atoms with Gasteiger partial charge in [0.1, 0.15) is 0 Å². The van der Waals surface area contributed by atoms with E-state index in [1.54, 1.807) is 0 Å². The van der Waals surface area contributed by atoms with Crippen LogP contribution in [0, 0.1) is 0 Å². The van der Waals surface area contributed by atoms with Gasteiger partial charge in [-0.05, 0) is 101 Å². The van der Waals surface area contributed by atoms with Crippen LogP contribution in [0.3, 0.4) is 0 Å². The fourth-order valence-electron chi connectivity index (χ4n) is 9.14. The van der Waals surface area contributed by atoms with Crippen LogP contribution < -0.4 is 4.90 Å². The van der Waals surface area contributed by atoms with Crippen LogP contribution in [0.5, 0.6) is 0 Å². The van der Waals surface area contributed by atoms with Gasteiger partial charge in [0.15, 0.2) is 0 Å². The van der Waals surface area contributed by atoms with Crippen LogP contribution in [0.4, 0.5) is 17.1 Å². The largest absolute Gasteiger partial charge is 0.309 e. The zero-order chi connectivity index (χ0) is 36.0. The molecule has 256 valence electrons. The van der Waals surface area contributed by atoms with E-state index < -0.39 is 0 Å². The molecule has 0 bridgehead atoms. The van der Waals surface area contributed by atoms with E-state index in [9.17, 15) is 0 Å². The van der Waals surface area contributed by atoms with Gasteiger partial charge in [-0.2, -0.15) is 0 Å². The van der Waals surface area contributed by atoms with Gasteiger partial charge in [0.05, 0.1) is 45.3 Å². The molecule has 0 saturated carbocycles. The van der Waals surface area contributed by atoms with Gasteiger partial charge in [-0.15, -0.1) is 0 Å². The number of para-hydroxylation sites is 3. The highest BCUT2D eigenvalue weighted by atomic mass is 15.2. The normalized spacial score (nSPS) is 12.3. The van der Waals surface area contributed by atoms with E-state index in [1.807, 2.05) is 18.5 Å². The SMILES string of the molecule is c1ccc(-n2c3ccccc3c3cc4c(cc32)N(c2cccc(-c3ccc5c(c3)c3ccccc3n5-c3cccnc3)c2)c2cccc3cccc-4c23)cc1. The Labute approximate surface area is 317 Å². The van der Waals surface area contributed by atoms with E-state index in [-0.39, 0.29) is 0 Å². The minimum atomic E-state index is 1.06. The van der Waals surface area contributed by atoms with Crippen molar-refractivity contribution in [3.8, 4) is 33.6 Å². The molecule has 12 rings (SSSR count). The van der Waals surface area contributed by atoms with E-state index in [4.69, 9.17) is 0 Å². The lowest BCUT2D eigenvalue weighted by Gasteiger charge is -2.34. The lowest BCUT2D eigenvalue weighted by molar-refractivity contribution is 1.14. The average molecular weight is 701 g/mol. The van der Waals surface area contributed by atoms with Crippen molar-refractivity contribution < 1.29 is 0 Å². The Morgan fingerprint density at radius 1 is 0.364 bits per heavy atom. The molecule has 1 aliphatic heterocycles. The van der Waals surface area contributed by atoms with E-state index >= 15 is 0 Å². The number of rotatable bonds is 4. The third-order valence-electron chi connectivity index (χ3n) is 11.5. The van der Waals surface area contributed by atoms with Crippen molar-refractivity contribution in [2.45, 2.75) is 0 Å². The third kappa shape index (κ3) is 4.37. The number of nitrogens with zero attached hydrogens (tertiary/aromatic N) is 4. The van der Waals surface area contributed by atoms with Crippen LogP contribution in [-0.2, 0) is 0 Å². The molecule has 4 nitrogen and oxygen atoms in total. The maximum atomic E-state index is 4.44. The molecule has 11 aromatic rings. The van der Waals surface area contributed by atoms with Crippen LogP contribution in [0.25, 0.3) is 88.0 Å². The van der Waals surface area contributed by atoms with Gasteiger partial charge in [0, 0.05) is 50.1 Å². The minimum absolute atomic E-state index is 1.06. The highest BCUT2D eigenvalue weighted by molar-refractivity contribution is 6.19. The zero-order valence-electron chi connectivity index (χ0n) is 29.8. The van der Waals surface area contributed by atoms with E-state index in [1.165, 1.54) is 88.0 Å². The van der Waals surface area contributed by atoms with E-state index in [2.05, 4.69) is 195 Å². The van der Waals surface area contributed by atoms with Crippen molar-refractivity contribution >= 4 is 71.4 Å². The van der Waals surface area contributed by atoms with Crippen LogP contribution in [0.15, 0.2) is 194 Å². The van der Waals surface area contributed by atoms with Crippen LogP contribution >= 0.6 is 0 Å². The monoisotopic (exact) mass is 700 g/mol. The zero-order valence-corrected chi connectivity index (χ0v) is 29.8. The summed E-state index contributed by atoms with van der Waals surface area (Å²) in [7, 11) is 0. The van der Waals surface area contributed by atoms with Gasteiger partial charge in [0.2, 0.25) is 0 Å². The van der Waals surface area contributed by atoms with Gasteiger partial charge in [-0.1, -0.05) is 103 Å². The number of anilines is 3. The smallest absolute Gasteiger partial charge is 0.0645 e. The van der Waals surface area contributed by atoms with Crippen LogP contribution in [0.1, 0.15) is 0 Å². The molecule has 0 spiro atoms. The van der Waals surface area contributed by atoms with Crippen molar-refractivity contribution in [1.82, 2.24) is 14.1 Å². The van der Waals surface area contributed by atoms with Crippen LogP contribution in [-0.4, -0.2) is 14.1 Å². The Morgan fingerprint density at radius 2 is 1.02 bits per heavy atom. The number of benzene rings is 8. The molecule has 1 aliphatic rings. The topological polar surface area (TPSA) is 26.0 Å². The van der Waals surface area contributed by atoms with E-state index in [0.29, 0.717) is 0 Å². The van der Waals surface area contributed by atoms with E-state index in [0.717, 1.165) is 17.1 Å². The van der Waals surface area contributed by atoms with Gasteiger partial charge < -0.3 is 14.0 Å². The number of hydrogen-bond acceptors (Lipinski definition) is 2. The highest BCUT2D eigenvalue weighted by Crippen LogP contribution is 2.53. The number of aromatic nitrogens is 3. The second-order valence-electron chi connectivity index (χ2n) is 14.4. The summed E-state index contributed by atoms with van der Waals surface area (Å²) >= 11 is 0. The van der Waals surface area contributed by atoms with Gasteiger partial charge in [-0.3, -0.25) is 4.98 Å². The average Bonchev–Trinajstić information content (AvgIpc) is 3.76. The third-order valence-corrected chi connectivity index (χ3v) is 11.5. The molecule has 8 aromatic carbocycles. The Morgan fingerprint density at radius 3 is 1.82 bits per heavy atom. The number of hydrogen-bond donors (Lipinski definition) is 0. The fraction of sp³-hybridized carbons (Fsp3) is 0. The summed E-state index contributed by atoms with van der Waals surface area (Å²) in [6.45, 7) is 0. The summed E-state index contributed by atoms with van der Waals surface area (Å²) in [5.41, 5.74) is 15.3. The second kappa shape index (κ2) is 11.5. The number of pyridine rings is 1. The summed E-state index contributed by atoms with van der Waals surface area (Å²) in [6, 6.07) is 66.5. The maximum absolute atomic E-state index is 4.44. The first-order valence-corrected chi connectivity index (χ1v) is 18.8. The number of fused-ring (bicyclic) bond motifs is 8. The summed E-state index contributed by atoms with van der Waals surface area (Å²) in [5.74, 6) is 0. The first-order valence-electron chi connectivity index (χ1n) is 18.8. The molecule has 3 aromatic heterocycles. The Hall–Kier alpha value is -7.43. The molecule has 0 fully saturated rings. The first-order chi connectivity index (χ1) is 27.3. The van der Waals surface area contributed by atoms with Crippen molar-refractivity contribution in [2.24, 2.45) is 0 Å². The molecule has 0 radical (unpaired) electrons. The Kier molecular flexibility index (Phi) is 6.31. The lowest BCUT2D eigenvalue weighted by Crippen LogP contribution is -2.15. The van der Waals surface area contributed by atoms with Gasteiger partial charge in [0.25, 0.3) is 0 Å². The van der Waals surface area contributed by atoms with Crippen molar-refractivity contribution in [1.29, 1.82) is 0 Å². The molecule has 0 unspecified atom stereocenters. The van der Waals surface area contributed by atoms with Gasteiger partial charge in [-0.25, -0.2) is 0 Å². The second-order valence-corrected chi connectivity index (χ2v) is 14.4. The molecule has 55 heavy (non-hydrogen) atoms. The molecule has 4 heterocycles. The molecular formula is C51H32N4. The Bertz CT molecular complexity index is 3310. The molecule has 0 amide bonds. The van der Waals surface area contributed by atoms with Crippen molar-refractivity contribution in [3.05, 3.63) is 194 Å². The molecular weight excluding hydrogens is 669 g/mol. The standard InChI is InChI=1S/C51H32N4/c1-2-15-36(16-3-1)53-45-22-6-5-20-40(45)43-30-44-41-21-9-12-33-13-10-24-48(51(33)41)54(50(44)31-49(43)53)37-17-8-14-34(28-37)35-25-26-47-42(29-35)39-19-4-7-23-46(39)55(47)38-18-11-27-52-32-38/h1-32H. The first kappa shape index (κ1) is 30.1. The predicted molar refractivity (Wildman–Crippen MR) is 230 cm³/mol.